The number of aliphatic carboxylic acids is 1. The van der Waals surface area contributed by atoms with Crippen LogP contribution in [0.15, 0.2) is 24.8 Å². The Morgan fingerprint density at radius 3 is 1.89 bits per heavy atom. The molecule has 0 saturated carbocycles. The summed E-state index contributed by atoms with van der Waals surface area (Å²) in [6.45, 7) is 5.25. The number of ether oxygens (including phenoxy) is 3. The molecule has 0 aliphatic carbocycles. The summed E-state index contributed by atoms with van der Waals surface area (Å²) in [6, 6.07) is 3.24. The first-order valence-electron chi connectivity index (χ1n) is 5.61. The number of carbonyl (C=O) groups is 1. The third-order valence-corrected chi connectivity index (χ3v) is 2.08. The number of allylic oxidation sites excluding steroid dienone is 1. The highest BCUT2D eigenvalue weighted by Gasteiger charge is 2.14. The molecule has 0 amide bonds. The molecular formula is C14H20O5. The predicted octanol–water partition coefficient (Wildman–Crippen LogP) is 2.53. The van der Waals surface area contributed by atoms with E-state index in [0.717, 1.165) is 0 Å². The fourth-order valence-electron chi connectivity index (χ4n) is 1.41. The van der Waals surface area contributed by atoms with E-state index >= 15 is 0 Å². The van der Waals surface area contributed by atoms with E-state index < -0.39 is 5.97 Å². The molecule has 1 aromatic rings. The van der Waals surface area contributed by atoms with Crippen molar-refractivity contribution in [3.8, 4) is 17.2 Å². The highest BCUT2D eigenvalue weighted by atomic mass is 16.5. The van der Waals surface area contributed by atoms with Gasteiger partial charge >= 0.3 is 5.97 Å². The Morgan fingerprint density at radius 2 is 1.63 bits per heavy atom. The van der Waals surface area contributed by atoms with Crippen molar-refractivity contribution in [1.29, 1.82) is 0 Å². The number of methoxy groups -OCH3 is 3. The van der Waals surface area contributed by atoms with Crippen LogP contribution < -0.4 is 14.2 Å². The van der Waals surface area contributed by atoms with Crippen molar-refractivity contribution in [2.24, 2.45) is 0 Å². The van der Waals surface area contributed by atoms with Crippen LogP contribution in [0.4, 0.5) is 0 Å². The molecule has 0 unspecified atom stereocenters. The molecule has 1 aromatic carbocycles. The zero-order valence-electron chi connectivity index (χ0n) is 11.7. The molecule has 0 aliphatic heterocycles. The van der Waals surface area contributed by atoms with E-state index in [2.05, 4.69) is 6.58 Å². The van der Waals surface area contributed by atoms with Gasteiger partial charge in [0, 0.05) is 0 Å². The molecule has 0 aromatic heterocycles. The molecule has 0 aliphatic rings. The van der Waals surface area contributed by atoms with E-state index in [1.807, 2.05) is 6.92 Å². The number of hydrogen-bond donors (Lipinski definition) is 1. The molecule has 19 heavy (non-hydrogen) atoms. The summed E-state index contributed by atoms with van der Waals surface area (Å²) < 4.78 is 15.3. The van der Waals surface area contributed by atoms with Crippen LogP contribution in [0.25, 0.3) is 0 Å². The maximum atomic E-state index is 10.6. The quantitative estimate of drug-likeness (QED) is 0.831. The molecule has 0 atom stereocenters. The van der Waals surface area contributed by atoms with Crippen molar-refractivity contribution in [3.63, 3.8) is 0 Å². The summed E-state index contributed by atoms with van der Waals surface area (Å²) in [4.78, 5) is 10.6. The number of carboxylic acid groups (broad SMARTS) is 1. The lowest BCUT2D eigenvalue weighted by Crippen LogP contribution is -2.02. The topological polar surface area (TPSA) is 65.0 Å². The molecule has 0 heterocycles. The Kier molecular flexibility index (Phi) is 7.84. The second-order valence-corrected chi connectivity index (χ2v) is 3.51. The lowest BCUT2D eigenvalue weighted by atomic mass is 10.1. The fourth-order valence-corrected chi connectivity index (χ4v) is 1.41. The van der Waals surface area contributed by atoms with Crippen molar-refractivity contribution >= 4 is 5.97 Å². The minimum Gasteiger partial charge on any atom is -0.493 e. The minimum atomic E-state index is -0.908. The summed E-state index contributed by atoms with van der Waals surface area (Å²) in [6.07, 6.45) is 1.66. The SMILES string of the molecule is C=CC.COc1cc(CC(=O)O)cc(OC)c1OC. The molecule has 106 valence electrons. The van der Waals surface area contributed by atoms with Gasteiger partial charge in [0.05, 0.1) is 27.8 Å². The van der Waals surface area contributed by atoms with Crippen molar-refractivity contribution in [2.45, 2.75) is 13.3 Å². The van der Waals surface area contributed by atoms with Gasteiger partial charge in [0.2, 0.25) is 5.75 Å². The van der Waals surface area contributed by atoms with E-state index in [1.165, 1.54) is 21.3 Å². The van der Waals surface area contributed by atoms with Crippen LogP contribution in [0, 0.1) is 0 Å². The van der Waals surface area contributed by atoms with E-state index in [1.54, 1.807) is 18.2 Å². The van der Waals surface area contributed by atoms with E-state index in [0.29, 0.717) is 22.8 Å². The average Bonchev–Trinajstić information content (AvgIpc) is 2.37. The van der Waals surface area contributed by atoms with Crippen molar-refractivity contribution < 1.29 is 24.1 Å². The highest BCUT2D eigenvalue weighted by molar-refractivity contribution is 5.71. The highest BCUT2D eigenvalue weighted by Crippen LogP contribution is 2.38. The maximum Gasteiger partial charge on any atom is 0.307 e. The molecule has 1 N–H and O–H groups in total. The maximum absolute atomic E-state index is 10.6. The molecule has 0 bridgehead atoms. The van der Waals surface area contributed by atoms with Crippen LogP contribution in [-0.2, 0) is 11.2 Å². The van der Waals surface area contributed by atoms with Gasteiger partial charge in [0.1, 0.15) is 0 Å². The van der Waals surface area contributed by atoms with Gasteiger partial charge in [-0.2, -0.15) is 0 Å². The van der Waals surface area contributed by atoms with Crippen LogP contribution in [0.5, 0.6) is 17.2 Å². The summed E-state index contributed by atoms with van der Waals surface area (Å²) in [5.74, 6) is 0.463. The van der Waals surface area contributed by atoms with Crippen LogP contribution >= 0.6 is 0 Å². The van der Waals surface area contributed by atoms with E-state index in [4.69, 9.17) is 19.3 Å². The van der Waals surface area contributed by atoms with Crippen molar-refractivity contribution in [2.75, 3.05) is 21.3 Å². The van der Waals surface area contributed by atoms with Crippen molar-refractivity contribution in [1.82, 2.24) is 0 Å². The predicted molar refractivity (Wildman–Crippen MR) is 73.3 cm³/mol. The number of hydrogen-bond acceptors (Lipinski definition) is 4. The first-order chi connectivity index (χ1) is 9.03. The zero-order valence-corrected chi connectivity index (χ0v) is 11.7. The monoisotopic (exact) mass is 268 g/mol. The largest absolute Gasteiger partial charge is 0.493 e. The van der Waals surface area contributed by atoms with E-state index in [9.17, 15) is 4.79 Å². The van der Waals surface area contributed by atoms with E-state index in [-0.39, 0.29) is 6.42 Å². The molecule has 0 fully saturated rings. The number of rotatable bonds is 5. The Hall–Kier alpha value is -2.17. The van der Waals surface area contributed by atoms with Gasteiger partial charge in [-0.05, 0) is 24.6 Å². The summed E-state index contributed by atoms with van der Waals surface area (Å²) in [5, 5.41) is 8.71. The second kappa shape index (κ2) is 8.85. The van der Waals surface area contributed by atoms with Crippen LogP contribution in [0.2, 0.25) is 0 Å². The van der Waals surface area contributed by atoms with Gasteiger partial charge in [-0.1, -0.05) is 6.08 Å². The fraction of sp³-hybridized carbons (Fsp3) is 0.357. The summed E-state index contributed by atoms with van der Waals surface area (Å²) in [7, 11) is 4.47. The molecular weight excluding hydrogens is 248 g/mol. The molecule has 0 spiro atoms. The Bertz CT molecular complexity index is 401. The normalized spacial score (nSPS) is 8.84. The van der Waals surface area contributed by atoms with Gasteiger partial charge in [-0.15, -0.1) is 6.58 Å². The van der Waals surface area contributed by atoms with Crippen LogP contribution in [0.3, 0.4) is 0 Å². The molecule has 5 heteroatoms. The van der Waals surface area contributed by atoms with Gasteiger partial charge in [0.25, 0.3) is 0 Å². The van der Waals surface area contributed by atoms with Crippen molar-refractivity contribution in [3.05, 3.63) is 30.4 Å². The average molecular weight is 268 g/mol. The summed E-state index contributed by atoms with van der Waals surface area (Å²) >= 11 is 0. The van der Waals surface area contributed by atoms with Crippen LogP contribution in [0.1, 0.15) is 12.5 Å². The van der Waals surface area contributed by atoms with Gasteiger partial charge in [-0.25, -0.2) is 0 Å². The molecule has 5 nitrogen and oxygen atoms in total. The Balaban J connectivity index is 0.000000982. The molecule has 1 rings (SSSR count). The van der Waals surface area contributed by atoms with Gasteiger partial charge < -0.3 is 19.3 Å². The Labute approximate surface area is 113 Å². The second-order valence-electron chi connectivity index (χ2n) is 3.51. The van der Waals surface area contributed by atoms with Gasteiger partial charge in [0.15, 0.2) is 11.5 Å². The Morgan fingerprint density at radius 1 is 1.21 bits per heavy atom. The summed E-state index contributed by atoms with van der Waals surface area (Å²) in [5.41, 5.74) is 0.599. The number of benzene rings is 1. The third-order valence-electron chi connectivity index (χ3n) is 2.08. The standard InChI is InChI=1S/C11H14O5.C3H6/c1-14-8-4-7(6-10(12)13)5-9(15-2)11(8)16-3;1-3-2/h4-5H,6H2,1-3H3,(H,12,13);3H,1H2,2H3. The molecule has 0 radical (unpaired) electrons. The van der Waals surface area contributed by atoms with Gasteiger partial charge in [-0.3, -0.25) is 4.79 Å². The lowest BCUT2D eigenvalue weighted by molar-refractivity contribution is -0.136. The smallest absolute Gasteiger partial charge is 0.307 e. The van der Waals surface area contributed by atoms with Crippen LogP contribution in [-0.4, -0.2) is 32.4 Å². The molecule has 0 saturated heterocycles. The lowest BCUT2D eigenvalue weighted by Gasteiger charge is -2.13. The minimum absolute atomic E-state index is 0.0866. The zero-order chi connectivity index (χ0) is 14.8. The first kappa shape index (κ1) is 16.8. The third kappa shape index (κ3) is 5.33. The first-order valence-corrected chi connectivity index (χ1v) is 5.61. The number of carboxylic acids is 1.